The molecule has 0 aromatic carbocycles. The fourth-order valence-electron chi connectivity index (χ4n) is 2.85. The lowest BCUT2D eigenvalue weighted by molar-refractivity contribution is -0.126. The summed E-state index contributed by atoms with van der Waals surface area (Å²) in [4.78, 5) is 31.9. The SMILES string of the molecule is O=C1C(=CC=CC=CC2NC3=CC=CCN3C2=O)N=C2C=CC=CN12. The Hall–Kier alpha value is -3.41. The minimum Gasteiger partial charge on any atom is -0.357 e. The summed E-state index contributed by atoms with van der Waals surface area (Å²) in [5.74, 6) is 1.35. The standard InChI is InChI=1S/C19H16N4O2/c24-18-14(20-16-10-4-6-12-22(16)18)8-2-1-3-9-15-19(25)23-13-7-5-11-17(23)21-15/h1-12,15,21H,13H2. The Morgan fingerprint density at radius 1 is 1.16 bits per heavy atom. The van der Waals surface area contributed by atoms with E-state index in [1.807, 2.05) is 24.3 Å². The van der Waals surface area contributed by atoms with Gasteiger partial charge in [-0.3, -0.25) is 19.4 Å². The maximum atomic E-state index is 12.2. The first-order valence-corrected chi connectivity index (χ1v) is 8.01. The Kier molecular flexibility index (Phi) is 3.78. The van der Waals surface area contributed by atoms with Crippen LogP contribution in [0.1, 0.15) is 0 Å². The molecule has 1 fully saturated rings. The summed E-state index contributed by atoms with van der Waals surface area (Å²) in [5, 5.41) is 3.17. The Morgan fingerprint density at radius 3 is 2.92 bits per heavy atom. The molecule has 0 bridgehead atoms. The topological polar surface area (TPSA) is 65.0 Å². The number of nitrogens with zero attached hydrogens (tertiary/aromatic N) is 3. The summed E-state index contributed by atoms with van der Waals surface area (Å²) in [6, 6.07) is -0.360. The molecule has 6 heteroatoms. The largest absolute Gasteiger partial charge is 0.357 e. The molecule has 4 rings (SSSR count). The van der Waals surface area contributed by atoms with E-state index in [1.54, 1.807) is 53.6 Å². The number of hydrogen-bond donors (Lipinski definition) is 1. The lowest BCUT2D eigenvalue weighted by Gasteiger charge is -2.16. The highest BCUT2D eigenvalue weighted by Gasteiger charge is 2.33. The summed E-state index contributed by atoms with van der Waals surface area (Å²) in [6.07, 6.45) is 21.7. The van der Waals surface area contributed by atoms with Crippen LogP contribution in [0.3, 0.4) is 0 Å². The van der Waals surface area contributed by atoms with Crippen molar-refractivity contribution in [2.75, 3.05) is 6.54 Å². The third-order valence-electron chi connectivity index (χ3n) is 4.10. The van der Waals surface area contributed by atoms with Crippen molar-refractivity contribution in [3.63, 3.8) is 0 Å². The number of fused-ring (bicyclic) bond motifs is 2. The minimum atomic E-state index is -0.360. The molecule has 1 saturated heterocycles. The predicted octanol–water partition coefficient (Wildman–Crippen LogP) is 1.52. The number of rotatable bonds is 3. The van der Waals surface area contributed by atoms with Crippen LogP contribution in [0.2, 0.25) is 0 Å². The molecule has 1 N–H and O–H groups in total. The van der Waals surface area contributed by atoms with Gasteiger partial charge in [-0.2, -0.15) is 0 Å². The Balaban J connectivity index is 1.39. The van der Waals surface area contributed by atoms with Gasteiger partial charge in [0, 0.05) is 12.7 Å². The van der Waals surface area contributed by atoms with Crippen molar-refractivity contribution < 1.29 is 9.59 Å². The van der Waals surface area contributed by atoms with Gasteiger partial charge < -0.3 is 5.32 Å². The van der Waals surface area contributed by atoms with E-state index in [0.29, 0.717) is 18.1 Å². The zero-order valence-corrected chi connectivity index (χ0v) is 13.4. The van der Waals surface area contributed by atoms with Crippen molar-refractivity contribution in [1.29, 1.82) is 0 Å². The van der Waals surface area contributed by atoms with Crippen molar-refractivity contribution in [2.24, 2.45) is 4.99 Å². The minimum absolute atomic E-state index is 0.0337. The highest BCUT2D eigenvalue weighted by molar-refractivity contribution is 6.17. The Labute approximate surface area is 145 Å². The molecule has 4 heterocycles. The number of nitrogens with one attached hydrogen (secondary N) is 1. The first-order chi connectivity index (χ1) is 12.2. The van der Waals surface area contributed by atoms with E-state index in [0.717, 1.165) is 5.82 Å². The maximum absolute atomic E-state index is 12.2. The maximum Gasteiger partial charge on any atom is 0.282 e. The molecular formula is C19H16N4O2. The van der Waals surface area contributed by atoms with Crippen molar-refractivity contribution in [3.05, 3.63) is 84.6 Å². The summed E-state index contributed by atoms with van der Waals surface area (Å²) in [7, 11) is 0. The smallest absolute Gasteiger partial charge is 0.282 e. The molecule has 0 spiro atoms. The van der Waals surface area contributed by atoms with Crippen molar-refractivity contribution in [1.82, 2.24) is 15.1 Å². The quantitative estimate of drug-likeness (QED) is 0.629. The highest BCUT2D eigenvalue weighted by Crippen LogP contribution is 2.19. The van der Waals surface area contributed by atoms with Crippen LogP contribution in [-0.2, 0) is 9.59 Å². The summed E-state index contributed by atoms with van der Waals surface area (Å²) in [5.41, 5.74) is 0.388. The van der Waals surface area contributed by atoms with Crippen molar-refractivity contribution in [2.45, 2.75) is 6.04 Å². The number of allylic oxidation sites excluding steroid dienone is 8. The molecule has 6 nitrogen and oxygen atoms in total. The van der Waals surface area contributed by atoms with Gasteiger partial charge in [-0.15, -0.1) is 0 Å². The zero-order valence-electron chi connectivity index (χ0n) is 13.4. The first-order valence-electron chi connectivity index (χ1n) is 8.01. The molecule has 4 aliphatic heterocycles. The molecule has 0 aromatic heterocycles. The van der Waals surface area contributed by atoms with Crippen LogP contribution in [0, 0.1) is 0 Å². The molecule has 1 atom stereocenters. The number of amides is 2. The van der Waals surface area contributed by atoms with Gasteiger partial charge in [-0.25, -0.2) is 4.99 Å². The lowest BCUT2D eigenvalue weighted by atomic mass is 10.2. The Bertz CT molecular complexity index is 868. The van der Waals surface area contributed by atoms with Crippen LogP contribution in [0.15, 0.2) is 89.5 Å². The molecular weight excluding hydrogens is 316 g/mol. The monoisotopic (exact) mass is 332 g/mol. The van der Waals surface area contributed by atoms with Crippen LogP contribution in [0.5, 0.6) is 0 Å². The van der Waals surface area contributed by atoms with E-state index in [4.69, 9.17) is 0 Å². The van der Waals surface area contributed by atoms with E-state index in [-0.39, 0.29) is 17.9 Å². The highest BCUT2D eigenvalue weighted by atomic mass is 16.2. The lowest BCUT2D eigenvalue weighted by Crippen LogP contribution is -2.29. The van der Waals surface area contributed by atoms with Crippen molar-refractivity contribution in [3.8, 4) is 0 Å². The zero-order chi connectivity index (χ0) is 17.2. The van der Waals surface area contributed by atoms with Crippen LogP contribution in [-0.4, -0.2) is 40.0 Å². The fourth-order valence-corrected chi connectivity index (χ4v) is 2.85. The first kappa shape index (κ1) is 15.1. The second-order valence-electron chi connectivity index (χ2n) is 5.72. The van der Waals surface area contributed by atoms with Gasteiger partial charge in [-0.1, -0.05) is 42.5 Å². The molecule has 124 valence electrons. The normalized spacial score (nSPS) is 25.9. The van der Waals surface area contributed by atoms with Gasteiger partial charge >= 0.3 is 0 Å². The second kappa shape index (κ2) is 6.24. The summed E-state index contributed by atoms with van der Waals surface area (Å²) < 4.78 is 0. The molecule has 0 aromatic rings. The van der Waals surface area contributed by atoms with E-state index >= 15 is 0 Å². The van der Waals surface area contributed by atoms with Gasteiger partial charge in [0.05, 0.1) is 0 Å². The van der Waals surface area contributed by atoms with Crippen molar-refractivity contribution >= 4 is 17.6 Å². The number of hydrogen-bond acceptors (Lipinski definition) is 4. The summed E-state index contributed by atoms with van der Waals surface area (Å²) >= 11 is 0. The van der Waals surface area contributed by atoms with Gasteiger partial charge in [0.15, 0.2) is 0 Å². The third kappa shape index (κ3) is 2.78. The van der Waals surface area contributed by atoms with E-state index < -0.39 is 0 Å². The van der Waals surface area contributed by atoms with E-state index in [1.165, 1.54) is 4.90 Å². The molecule has 0 aliphatic carbocycles. The molecule has 0 radical (unpaired) electrons. The van der Waals surface area contributed by atoms with Crippen LogP contribution >= 0.6 is 0 Å². The molecule has 1 unspecified atom stereocenters. The summed E-state index contributed by atoms with van der Waals surface area (Å²) in [6.45, 7) is 0.603. The number of aliphatic imine (C=N–C) groups is 1. The molecule has 4 aliphatic rings. The van der Waals surface area contributed by atoms with E-state index in [9.17, 15) is 9.59 Å². The van der Waals surface area contributed by atoms with Crippen LogP contribution in [0.4, 0.5) is 0 Å². The molecule has 2 amide bonds. The van der Waals surface area contributed by atoms with Crippen LogP contribution < -0.4 is 5.32 Å². The third-order valence-corrected chi connectivity index (χ3v) is 4.10. The van der Waals surface area contributed by atoms with E-state index in [2.05, 4.69) is 10.3 Å². The van der Waals surface area contributed by atoms with Gasteiger partial charge in [0.2, 0.25) is 0 Å². The average Bonchev–Trinajstić information content (AvgIpc) is 3.13. The molecule has 0 saturated carbocycles. The van der Waals surface area contributed by atoms with Gasteiger partial charge in [0.1, 0.15) is 23.4 Å². The van der Waals surface area contributed by atoms with Gasteiger partial charge in [0.25, 0.3) is 11.8 Å². The van der Waals surface area contributed by atoms with Gasteiger partial charge in [-0.05, 0) is 24.3 Å². The van der Waals surface area contributed by atoms with Crippen LogP contribution in [0.25, 0.3) is 0 Å². The Morgan fingerprint density at radius 2 is 2.08 bits per heavy atom. The number of carbonyl (C=O) groups excluding carboxylic acids is 2. The second-order valence-corrected chi connectivity index (χ2v) is 5.72. The average molecular weight is 332 g/mol. The predicted molar refractivity (Wildman–Crippen MR) is 94.8 cm³/mol. The number of carbonyl (C=O) groups is 2. The molecule has 25 heavy (non-hydrogen) atoms. The fraction of sp³-hybridized carbons (Fsp3) is 0.105. The number of amidine groups is 1.